The van der Waals surface area contributed by atoms with Crippen LogP contribution in [0.5, 0.6) is 0 Å². The zero-order valence-electron chi connectivity index (χ0n) is 7.96. The van der Waals surface area contributed by atoms with E-state index in [2.05, 4.69) is 15.9 Å². The number of hydrogen-bond donors (Lipinski definition) is 0. The van der Waals surface area contributed by atoms with E-state index in [9.17, 15) is 4.79 Å². The average molecular weight is 250 g/mol. The summed E-state index contributed by atoms with van der Waals surface area (Å²) in [6.07, 6.45) is 2.63. The molecule has 1 fully saturated rings. The summed E-state index contributed by atoms with van der Waals surface area (Å²) in [5.41, 5.74) is 0. The first-order chi connectivity index (χ1) is 6.24. The van der Waals surface area contributed by atoms with Crippen LogP contribution in [0.3, 0.4) is 0 Å². The molecule has 0 spiro atoms. The van der Waals surface area contributed by atoms with Crippen molar-refractivity contribution in [2.45, 2.75) is 12.8 Å². The van der Waals surface area contributed by atoms with E-state index in [0.717, 1.165) is 12.5 Å². The number of alkyl halides is 1. The van der Waals surface area contributed by atoms with Crippen molar-refractivity contribution < 1.29 is 9.53 Å². The van der Waals surface area contributed by atoms with Gasteiger partial charge in [0, 0.05) is 20.2 Å². The van der Waals surface area contributed by atoms with Crippen LogP contribution in [0.25, 0.3) is 0 Å². The number of halogens is 1. The van der Waals surface area contributed by atoms with Gasteiger partial charge < -0.3 is 9.64 Å². The minimum absolute atomic E-state index is 0.107. The molecule has 0 heterocycles. The summed E-state index contributed by atoms with van der Waals surface area (Å²) in [5, 5.41) is 0.395. The fraction of sp³-hybridized carbons (Fsp3) is 0.889. The zero-order valence-corrected chi connectivity index (χ0v) is 9.55. The number of rotatable bonds is 6. The summed E-state index contributed by atoms with van der Waals surface area (Å²) in [5.74, 6) is 0.909. The molecule has 1 saturated carbocycles. The molecule has 4 heteroatoms. The van der Waals surface area contributed by atoms with Crippen molar-refractivity contribution in [1.82, 2.24) is 4.90 Å². The Bertz CT molecular complexity index is 171. The molecule has 0 atom stereocenters. The molecule has 1 aliphatic rings. The maximum Gasteiger partial charge on any atom is 0.233 e. The van der Waals surface area contributed by atoms with E-state index in [1.165, 1.54) is 12.8 Å². The maximum atomic E-state index is 11.1. The molecule has 1 rings (SSSR count). The maximum absolute atomic E-state index is 11.1. The third kappa shape index (κ3) is 4.62. The number of amides is 1. The second kappa shape index (κ2) is 5.60. The van der Waals surface area contributed by atoms with Gasteiger partial charge in [0.2, 0.25) is 5.91 Å². The highest BCUT2D eigenvalue weighted by atomic mass is 79.9. The molecular weight excluding hydrogens is 234 g/mol. The van der Waals surface area contributed by atoms with Crippen LogP contribution in [0, 0.1) is 5.92 Å². The topological polar surface area (TPSA) is 29.5 Å². The lowest BCUT2D eigenvalue weighted by atomic mass is 10.5. The van der Waals surface area contributed by atoms with E-state index in [4.69, 9.17) is 4.74 Å². The Kier molecular flexibility index (Phi) is 4.73. The van der Waals surface area contributed by atoms with Crippen molar-refractivity contribution >= 4 is 21.8 Å². The molecule has 0 unspecified atom stereocenters. The number of hydrogen-bond acceptors (Lipinski definition) is 2. The predicted octanol–water partition coefficient (Wildman–Crippen LogP) is 1.27. The van der Waals surface area contributed by atoms with E-state index in [1.54, 1.807) is 11.9 Å². The van der Waals surface area contributed by atoms with Crippen LogP contribution in [-0.2, 0) is 9.53 Å². The fourth-order valence-corrected chi connectivity index (χ4v) is 1.39. The van der Waals surface area contributed by atoms with Gasteiger partial charge in [-0.1, -0.05) is 15.9 Å². The summed E-state index contributed by atoms with van der Waals surface area (Å²) in [7, 11) is 1.80. The van der Waals surface area contributed by atoms with Crippen molar-refractivity contribution in [3.05, 3.63) is 0 Å². The number of ether oxygens (including phenoxy) is 1. The molecule has 0 aromatic heterocycles. The van der Waals surface area contributed by atoms with Crippen molar-refractivity contribution in [1.29, 1.82) is 0 Å². The Balaban J connectivity index is 1.93. The molecule has 0 aromatic rings. The average Bonchev–Trinajstić information content (AvgIpc) is 2.94. The fourth-order valence-electron chi connectivity index (χ4n) is 0.963. The lowest BCUT2D eigenvalue weighted by Gasteiger charge is -2.15. The Morgan fingerprint density at radius 1 is 1.62 bits per heavy atom. The standard InChI is InChI=1S/C9H16BrNO2/c1-11(9(12)6-10)4-5-13-7-8-2-3-8/h8H,2-7H2,1H3. The number of carbonyl (C=O) groups is 1. The van der Waals surface area contributed by atoms with Crippen LogP contribution in [0.15, 0.2) is 0 Å². The van der Waals surface area contributed by atoms with Gasteiger partial charge in [-0.2, -0.15) is 0 Å². The molecular formula is C9H16BrNO2. The Morgan fingerprint density at radius 3 is 2.85 bits per heavy atom. The van der Waals surface area contributed by atoms with Gasteiger partial charge in [0.1, 0.15) is 0 Å². The quantitative estimate of drug-likeness (QED) is 0.524. The van der Waals surface area contributed by atoms with E-state index >= 15 is 0 Å². The molecule has 0 aliphatic heterocycles. The van der Waals surface area contributed by atoms with Crippen molar-refractivity contribution in [2.24, 2.45) is 5.92 Å². The second-order valence-electron chi connectivity index (χ2n) is 3.47. The van der Waals surface area contributed by atoms with Gasteiger partial charge in [0.15, 0.2) is 0 Å². The van der Waals surface area contributed by atoms with Gasteiger partial charge in [0.25, 0.3) is 0 Å². The van der Waals surface area contributed by atoms with Gasteiger partial charge in [-0.25, -0.2) is 0 Å². The van der Waals surface area contributed by atoms with Crippen LogP contribution in [0.2, 0.25) is 0 Å². The second-order valence-corrected chi connectivity index (χ2v) is 4.03. The van der Waals surface area contributed by atoms with Crippen LogP contribution >= 0.6 is 15.9 Å². The minimum Gasteiger partial charge on any atom is -0.379 e. The van der Waals surface area contributed by atoms with Crippen molar-refractivity contribution in [3.63, 3.8) is 0 Å². The van der Waals surface area contributed by atoms with Gasteiger partial charge in [0.05, 0.1) is 11.9 Å². The summed E-state index contributed by atoms with van der Waals surface area (Å²) in [6.45, 7) is 2.22. The van der Waals surface area contributed by atoms with Gasteiger partial charge in [-0.3, -0.25) is 4.79 Å². The first-order valence-electron chi connectivity index (χ1n) is 4.61. The molecule has 0 radical (unpaired) electrons. The highest BCUT2D eigenvalue weighted by Gasteiger charge is 2.21. The summed E-state index contributed by atoms with van der Waals surface area (Å²) in [6, 6.07) is 0. The SMILES string of the molecule is CN(CCOCC1CC1)C(=O)CBr. The third-order valence-corrected chi connectivity index (χ3v) is 2.64. The Hall–Kier alpha value is -0.0900. The summed E-state index contributed by atoms with van der Waals surface area (Å²) < 4.78 is 5.41. The molecule has 3 nitrogen and oxygen atoms in total. The lowest BCUT2D eigenvalue weighted by molar-refractivity contribution is -0.127. The van der Waals surface area contributed by atoms with E-state index in [1.807, 2.05) is 0 Å². The molecule has 0 N–H and O–H groups in total. The Labute approximate surface area is 87.6 Å². The Morgan fingerprint density at radius 2 is 2.31 bits per heavy atom. The number of carbonyl (C=O) groups excluding carboxylic acids is 1. The highest BCUT2D eigenvalue weighted by Crippen LogP contribution is 2.28. The molecule has 76 valence electrons. The molecule has 0 bridgehead atoms. The first-order valence-corrected chi connectivity index (χ1v) is 5.74. The van der Waals surface area contributed by atoms with Crippen LogP contribution < -0.4 is 0 Å². The normalized spacial score (nSPS) is 15.8. The summed E-state index contributed by atoms with van der Waals surface area (Å²) in [4.78, 5) is 12.8. The minimum atomic E-state index is 0.107. The zero-order chi connectivity index (χ0) is 9.68. The largest absolute Gasteiger partial charge is 0.379 e. The highest BCUT2D eigenvalue weighted by molar-refractivity contribution is 9.09. The van der Waals surface area contributed by atoms with E-state index < -0.39 is 0 Å². The molecule has 0 aromatic carbocycles. The van der Waals surface area contributed by atoms with Gasteiger partial charge in [-0.15, -0.1) is 0 Å². The van der Waals surface area contributed by atoms with E-state index in [-0.39, 0.29) is 5.91 Å². The molecule has 0 saturated heterocycles. The smallest absolute Gasteiger partial charge is 0.233 e. The lowest BCUT2D eigenvalue weighted by Crippen LogP contribution is -2.31. The van der Waals surface area contributed by atoms with Crippen LogP contribution in [0.1, 0.15) is 12.8 Å². The van der Waals surface area contributed by atoms with Crippen molar-refractivity contribution in [3.8, 4) is 0 Å². The van der Waals surface area contributed by atoms with Gasteiger partial charge >= 0.3 is 0 Å². The van der Waals surface area contributed by atoms with Crippen LogP contribution in [0.4, 0.5) is 0 Å². The third-order valence-electron chi connectivity index (χ3n) is 2.16. The molecule has 1 aliphatic carbocycles. The van der Waals surface area contributed by atoms with Crippen molar-refractivity contribution in [2.75, 3.05) is 32.1 Å². The first kappa shape index (κ1) is 11.0. The summed E-state index contributed by atoms with van der Waals surface area (Å²) >= 11 is 3.13. The molecule has 1 amide bonds. The monoisotopic (exact) mass is 249 g/mol. The number of likely N-dealkylation sites (N-methyl/N-ethyl adjacent to an activating group) is 1. The number of nitrogens with zero attached hydrogens (tertiary/aromatic N) is 1. The van der Waals surface area contributed by atoms with Crippen LogP contribution in [-0.4, -0.2) is 42.9 Å². The predicted molar refractivity (Wildman–Crippen MR) is 55.0 cm³/mol. The van der Waals surface area contributed by atoms with Gasteiger partial charge in [-0.05, 0) is 18.8 Å². The van der Waals surface area contributed by atoms with E-state index in [0.29, 0.717) is 18.5 Å². The molecule has 13 heavy (non-hydrogen) atoms.